The van der Waals surface area contributed by atoms with Crippen LogP contribution in [-0.2, 0) is 28.9 Å². The predicted octanol–water partition coefficient (Wildman–Crippen LogP) is 3.08. The molecule has 0 saturated carbocycles. The molecule has 0 fully saturated rings. The lowest BCUT2D eigenvalue weighted by Crippen LogP contribution is -2.36. The van der Waals surface area contributed by atoms with Gasteiger partial charge in [0.1, 0.15) is 0 Å². The third-order valence-corrected chi connectivity index (χ3v) is 4.95. The lowest BCUT2D eigenvalue weighted by Gasteiger charge is -2.27. The summed E-state index contributed by atoms with van der Waals surface area (Å²) in [5.74, 6) is -0.214. The van der Waals surface area contributed by atoms with E-state index in [9.17, 15) is 9.59 Å². The molecule has 5 heteroatoms. The van der Waals surface area contributed by atoms with Crippen LogP contribution in [0.25, 0.3) is 10.9 Å². The van der Waals surface area contributed by atoms with Gasteiger partial charge in [0.15, 0.2) is 0 Å². The summed E-state index contributed by atoms with van der Waals surface area (Å²) < 4.78 is 4.91. The first-order valence-corrected chi connectivity index (χ1v) is 8.70. The van der Waals surface area contributed by atoms with Gasteiger partial charge in [-0.05, 0) is 29.7 Å². The van der Waals surface area contributed by atoms with Crippen LogP contribution in [0.4, 0.5) is 0 Å². The van der Waals surface area contributed by atoms with Crippen molar-refractivity contribution in [2.75, 3.05) is 13.7 Å². The number of benzene rings is 2. The maximum absolute atomic E-state index is 12.7. The Bertz CT molecular complexity index is 976. The Hall–Kier alpha value is -3.08. The van der Waals surface area contributed by atoms with E-state index in [1.807, 2.05) is 47.4 Å². The first-order valence-electron chi connectivity index (χ1n) is 8.70. The highest BCUT2D eigenvalue weighted by atomic mass is 16.5. The fraction of sp³-hybridized carbons (Fsp3) is 0.238. The molecule has 0 saturated heterocycles. The van der Waals surface area contributed by atoms with Crippen molar-refractivity contribution >= 4 is 22.8 Å². The molecular formula is C21H20N2O3. The predicted molar refractivity (Wildman–Crippen MR) is 98.9 cm³/mol. The van der Waals surface area contributed by atoms with Gasteiger partial charge in [0.05, 0.1) is 25.6 Å². The lowest BCUT2D eigenvalue weighted by molar-refractivity contribution is -0.131. The first kappa shape index (κ1) is 16.4. The van der Waals surface area contributed by atoms with Gasteiger partial charge < -0.3 is 14.6 Å². The van der Waals surface area contributed by atoms with E-state index in [1.165, 1.54) is 7.11 Å². The summed E-state index contributed by atoms with van der Waals surface area (Å²) in [6.45, 7) is 1.19. The number of carbonyl (C=O) groups excluding carboxylic acids is 2. The van der Waals surface area contributed by atoms with Gasteiger partial charge in [0.2, 0.25) is 5.91 Å². The number of fused-ring (bicyclic) bond motifs is 3. The second-order valence-corrected chi connectivity index (χ2v) is 6.53. The number of H-pyrrole nitrogens is 1. The summed E-state index contributed by atoms with van der Waals surface area (Å²) in [7, 11) is 1.39. The third kappa shape index (κ3) is 2.86. The minimum absolute atomic E-state index is 0.119. The highest BCUT2D eigenvalue weighted by molar-refractivity contribution is 6.05. The van der Waals surface area contributed by atoms with Gasteiger partial charge in [-0.2, -0.15) is 0 Å². The number of rotatable bonds is 3. The average molecular weight is 348 g/mol. The van der Waals surface area contributed by atoms with Crippen LogP contribution in [0.5, 0.6) is 0 Å². The average Bonchev–Trinajstić information content (AvgIpc) is 3.05. The maximum atomic E-state index is 12.7. The van der Waals surface area contributed by atoms with E-state index in [0.29, 0.717) is 25.1 Å². The number of aromatic nitrogens is 1. The number of esters is 1. The van der Waals surface area contributed by atoms with Crippen molar-refractivity contribution < 1.29 is 14.3 Å². The van der Waals surface area contributed by atoms with Crippen LogP contribution in [0, 0.1) is 0 Å². The van der Waals surface area contributed by atoms with E-state index in [0.717, 1.165) is 34.1 Å². The van der Waals surface area contributed by atoms with Gasteiger partial charge in [-0.15, -0.1) is 0 Å². The number of amides is 1. The molecule has 1 aliphatic heterocycles. The standard InChI is InChI=1S/C21H20N2O3/c1-26-21(25)16-8-5-9-17-20(16)15-10-11-23(13-18(15)22-17)19(24)12-14-6-3-2-4-7-14/h2-9,22H,10-13H2,1H3. The van der Waals surface area contributed by atoms with Crippen molar-refractivity contribution in [3.05, 3.63) is 70.9 Å². The molecule has 132 valence electrons. The van der Waals surface area contributed by atoms with E-state index < -0.39 is 0 Å². The summed E-state index contributed by atoms with van der Waals surface area (Å²) in [6.07, 6.45) is 1.13. The Morgan fingerprint density at radius 2 is 1.92 bits per heavy atom. The molecular weight excluding hydrogens is 328 g/mol. The summed E-state index contributed by atoms with van der Waals surface area (Å²) >= 11 is 0. The van der Waals surface area contributed by atoms with E-state index in [1.54, 1.807) is 6.07 Å². The zero-order valence-corrected chi connectivity index (χ0v) is 14.6. The number of hydrogen-bond donors (Lipinski definition) is 1. The molecule has 4 rings (SSSR count). The number of hydrogen-bond acceptors (Lipinski definition) is 3. The van der Waals surface area contributed by atoms with Gasteiger partial charge in [-0.25, -0.2) is 4.79 Å². The Labute approximate surface area is 151 Å². The fourth-order valence-electron chi connectivity index (χ4n) is 3.67. The minimum atomic E-state index is -0.333. The third-order valence-electron chi connectivity index (χ3n) is 4.95. The Kier molecular flexibility index (Phi) is 4.21. The van der Waals surface area contributed by atoms with Crippen molar-refractivity contribution in [2.45, 2.75) is 19.4 Å². The molecule has 26 heavy (non-hydrogen) atoms. The Morgan fingerprint density at radius 1 is 1.12 bits per heavy atom. The normalized spacial score (nSPS) is 13.5. The molecule has 3 aromatic rings. The molecule has 0 radical (unpaired) electrons. The molecule has 2 aromatic carbocycles. The van der Waals surface area contributed by atoms with Gasteiger partial charge >= 0.3 is 5.97 Å². The molecule has 5 nitrogen and oxygen atoms in total. The van der Waals surface area contributed by atoms with Crippen molar-refractivity contribution in [1.29, 1.82) is 0 Å². The molecule has 0 atom stereocenters. The summed E-state index contributed by atoms with van der Waals surface area (Å²) in [6, 6.07) is 15.4. The van der Waals surface area contributed by atoms with Gasteiger partial charge in [-0.3, -0.25) is 4.79 Å². The lowest BCUT2D eigenvalue weighted by atomic mass is 9.99. The summed E-state index contributed by atoms with van der Waals surface area (Å²) in [4.78, 5) is 30.0. The molecule has 0 unspecified atom stereocenters. The summed E-state index contributed by atoms with van der Waals surface area (Å²) in [5.41, 5.74) is 4.63. The molecule has 0 bridgehead atoms. The van der Waals surface area contributed by atoms with Crippen LogP contribution in [0.1, 0.15) is 27.2 Å². The number of carbonyl (C=O) groups is 2. The number of nitrogens with zero attached hydrogens (tertiary/aromatic N) is 1. The van der Waals surface area contributed by atoms with E-state index in [-0.39, 0.29) is 11.9 Å². The highest BCUT2D eigenvalue weighted by Gasteiger charge is 2.26. The van der Waals surface area contributed by atoms with E-state index >= 15 is 0 Å². The van der Waals surface area contributed by atoms with E-state index in [2.05, 4.69) is 4.98 Å². The highest BCUT2D eigenvalue weighted by Crippen LogP contribution is 2.30. The van der Waals surface area contributed by atoms with E-state index in [4.69, 9.17) is 4.74 Å². The van der Waals surface area contributed by atoms with Crippen molar-refractivity contribution in [1.82, 2.24) is 9.88 Å². The van der Waals surface area contributed by atoms with Crippen LogP contribution >= 0.6 is 0 Å². The zero-order valence-electron chi connectivity index (χ0n) is 14.6. The van der Waals surface area contributed by atoms with Gasteiger partial charge in [-0.1, -0.05) is 36.4 Å². The number of ether oxygens (including phenoxy) is 1. The van der Waals surface area contributed by atoms with Crippen molar-refractivity contribution in [3.8, 4) is 0 Å². The molecule has 2 heterocycles. The minimum Gasteiger partial charge on any atom is -0.465 e. The SMILES string of the molecule is COC(=O)c1cccc2[nH]c3c(c12)CCN(C(=O)Cc1ccccc1)C3. The molecule has 0 spiro atoms. The molecule has 0 aliphatic carbocycles. The van der Waals surface area contributed by atoms with Crippen molar-refractivity contribution in [3.63, 3.8) is 0 Å². The molecule has 1 N–H and O–H groups in total. The molecule has 1 aromatic heterocycles. The quantitative estimate of drug-likeness (QED) is 0.740. The summed E-state index contributed by atoms with van der Waals surface area (Å²) in [5, 5.41) is 0.921. The van der Waals surface area contributed by atoms with Gasteiger partial charge in [0, 0.05) is 23.1 Å². The first-order chi connectivity index (χ1) is 12.7. The largest absolute Gasteiger partial charge is 0.465 e. The second kappa shape index (κ2) is 6.67. The Morgan fingerprint density at radius 3 is 2.69 bits per heavy atom. The van der Waals surface area contributed by atoms with Crippen LogP contribution in [-0.4, -0.2) is 35.4 Å². The molecule has 1 amide bonds. The van der Waals surface area contributed by atoms with Crippen LogP contribution in [0.15, 0.2) is 48.5 Å². The number of aromatic amines is 1. The van der Waals surface area contributed by atoms with Crippen molar-refractivity contribution in [2.24, 2.45) is 0 Å². The van der Waals surface area contributed by atoms with Crippen LogP contribution < -0.4 is 0 Å². The second-order valence-electron chi connectivity index (χ2n) is 6.53. The number of nitrogens with one attached hydrogen (secondary N) is 1. The number of methoxy groups -OCH3 is 1. The Balaban J connectivity index is 1.61. The van der Waals surface area contributed by atoms with Crippen LogP contribution in [0.3, 0.4) is 0 Å². The zero-order chi connectivity index (χ0) is 18.1. The molecule has 1 aliphatic rings. The van der Waals surface area contributed by atoms with Gasteiger partial charge in [0.25, 0.3) is 0 Å². The topological polar surface area (TPSA) is 62.4 Å². The van der Waals surface area contributed by atoms with Crippen LogP contribution in [0.2, 0.25) is 0 Å². The smallest absolute Gasteiger partial charge is 0.338 e. The fourth-order valence-corrected chi connectivity index (χ4v) is 3.67. The monoisotopic (exact) mass is 348 g/mol. The maximum Gasteiger partial charge on any atom is 0.338 e.